The average Bonchev–Trinajstić information content (AvgIpc) is 3.12. The van der Waals surface area contributed by atoms with Gasteiger partial charge in [-0.2, -0.15) is 10.4 Å². The van der Waals surface area contributed by atoms with Crippen molar-refractivity contribution in [1.82, 2.24) is 14.2 Å². The van der Waals surface area contributed by atoms with E-state index >= 15 is 0 Å². The molecule has 0 aliphatic heterocycles. The van der Waals surface area contributed by atoms with Gasteiger partial charge in [-0.3, -0.25) is 9.20 Å². The third kappa shape index (κ3) is 2.39. The standard InChI is InChI=1S/C18H14N4O2S/c1-11-9-21-15(7-19)16-14(18(21)25-11)8-20-22(17(16)23)10-12-4-3-5-13(6-12)24-2/h3-6,8-9H,10H2,1-2H3. The van der Waals surface area contributed by atoms with Crippen molar-refractivity contribution in [3.05, 3.63) is 63.1 Å². The van der Waals surface area contributed by atoms with Crippen molar-refractivity contribution in [2.75, 3.05) is 7.11 Å². The van der Waals surface area contributed by atoms with Gasteiger partial charge in [0.25, 0.3) is 5.56 Å². The van der Waals surface area contributed by atoms with E-state index in [0.29, 0.717) is 17.6 Å². The van der Waals surface area contributed by atoms with Crippen molar-refractivity contribution in [1.29, 1.82) is 5.26 Å². The molecule has 0 spiro atoms. The molecule has 0 atom stereocenters. The molecule has 4 rings (SSSR count). The summed E-state index contributed by atoms with van der Waals surface area (Å²) in [6, 6.07) is 9.66. The van der Waals surface area contributed by atoms with Crippen LogP contribution in [0.3, 0.4) is 0 Å². The van der Waals surface area contributed by atoms with Gasteiger partial charge in [0.05, 0.1) is 25.2 Å². The van der Waals surface area contributed by atoms with E-state index in [1.807, 2.05) is 37.4 Å². The highest BCUT2D eigenvalue weighted by molar-refractivity contribution is 7.18. The number of hydrogen-bond donors (Lipinski definition) is 0. The van der Waals surface area contributed by atoms with Crippen LogP contribution in [-0.2, 0) is 6.54 Å². The summed E-state index contributed by atoms with van der Waals surface area (Å²) in [5.41, 5.74) is 1.01. The highest BCUT2D eigenvalue weighted by Crippen LogP contribution is 2.29. The maximum atomic E-state index is 12.9. The number of aryl methyl sites for hydroxylation is 1. The topological polar surface area (TPSA) is 72.3 Å². The fourth-order valence-corrected chi connectivity index (χ4v) is 3.96. The van der Waals surface area contributed by atoms with Gasteiger partial charge in [0.2, 0.25) is 0 Å². The lowest BCUT2D eigenvalue weighted by molar-refractivity contribution is 0.414. The van der Waals surface area contributed by atoms with E-state index in [2.05, 4.69) is 11.2 Å². The van der Waals surface area contributed by atoms with Crippen LogP contribution in [0.5, 0.6) is 5.75 Å². The molecule has 124 valence electrons. The minimum absolute atomic E-state index is 0.259. The zero-order chi connectivity index (χ0) is 17.6. The summed E-state index contributed by atoms with van der Waals surface area (Å²) >= 11 is 1.55. The van der Waals surface area contributed by atoms with Crippen LogP contribution in [0.1, 0.15) is 16.1 Å². The van der Waals surface area contributed by atoms with Crippen LogP contribution < -0.4 is 10.3 Å². The third-order valence-corrected chi connectivity index (χ3v) is 5.15. The van der Waals surface area contributed by atoms with E-state index in [0.717, 1.165) is 26.4 Å². The first-order valence-corrected chi connectivity index (χ1v) is 8.47. The van der Waals surface area contributed by atoms with Crippen molar-refractivity contribution in [2.45, 2.75) is 13.5 Å². The van der Waals surface area contributed by atoms with Crippen LogP contribution >= 0.6 is 11.3 Å². The normalized spacial score (nSPS) is 11.1. The van der Waals surface area contributed by atoms with E-state index < -0.39 is 0 Å². The molecule has 6 nitrogen and oxygen atoms in total. The van der Waals surface area contributed by atoms with Gasteiger partial charge in [-0.1, -0.05) is 12.1 Å². The van der Waals surface area contributed by atoms with Crippen molar-refractivity contribution >= 4 is 26.9 Å². The van der Waals surface area contributed by atoms with Crippen LogP contribution in [0, 0.1) is 18.3 Å². The Morgan fingerprint density at radius 1 is 1.40 bits per heavy atom. The molecule has 0 fully saturated rings. The molecule has 0 aliphatic carbocycles. The minimum atomic E-state index is -0.259. The number of thiazole rings is 1. The SMILES string of the molecule is COc1cccc(Cn2ncc3c(c(C#N)n4cc(C)sc34)c2=O)c1. The second kappa shape index (κ2) is 5.76. The lowest BCUT2D eigenvalue weighted by atomic mass is 10.2. The van der Waals surface area contributed by atoms with Crippen molar-refractivity contribution in [3.8, 4) is 11.8 Å². The molecular formula is C18H14N4O2S. The van der Waals surface area contributed by atoms with Crippen LogP contribution in [0.15, 0.2) is 41.5 Å². The van der Waals surface area contributed by atoms with E-state index in [1.165, 1.54) is 4.68 Å². The Labute approximate surface area is 147 Å². The highest BCUT2D eigenvalue weighted by atomic mass is 32.1. The molecule has 4 aromatic rings. The average molecular weight is 350 g/mol. The van der Waals surface area contributed by atoms with Crippen LogP contribution in [-0.4, -0.2) is 21.3 Å². The lowest BCUT2D eigenvalue weighted by Gasteiger charge is -2.06. The van der Waals surface area contributed by atoms with Crippen LogP contribution in [0.4, 0.5) is 0 Å². The van der Waals surface area contributed by atoms with E-state index in [-0.39, 0.29) is 5.56 Å². The Balaban J connectivity index is 1.90. The van der Waals surface area contributed by atoms with Gasteiger partial charge < -0.3 is 4.74 Å². The van der Waals surface area contributed by atoms with E-state index in [1.54, 1.807) is 29.0 Å². The summed E-state index contributed by atoms with van der Waals surface area (Å²) in [7, 11) is 1.60. The number of rotatable bonds is 3. The summed E-state index contributed by atoms with van der Waals surface area (Å²) < 4.78 is 8.38. The smallest absolute Gasteiger partial charge is 0.277 e. The molecule has 25 heavy (non-hydrogen) atoms. The number of methoxy groups -OCH3 is 1. The molecule has 3 heterocycles. The molecule has 0 saturated carbocycles. The Morgan fingerprint density at radius 3 is 3.00 bits per heavy atom. The number of benzene rings is 1. The molecular weight excluding hydrogens is 336 g/mol. The predicted molar refractivity (Wildman–Crippen MR) is 96.4 cm³/mol. The Hall–Kier alpha value is -3.11. The highest BCUT2D eigenvalue weighted by Gasteiger charge is 2.18. The molecule has 0 saturated heterocycles. The molecule has 0 N–H and O–H groups in total. The zero-order valence-corrected chi connectivity index (χ0v) is 14.5. The molecule has 0 bridgehead atoms. The van der Waals surface area contributed by atoms with Gasteiger partial charge in [-0.15, -0.1) is 11.3 Å². The van der Waals surface area contributed by atoms with Crippen LogP contribution in [0.2, 0.25) is 0 Å². The second-order valence-electron chi connectivity index (χ2n) is 5.72. The maximum absolute atomic E-state index is 12.9. The van der Waals surface area contributed by atoms with Gasteiger partial charge in [0, 0.05) is 16.5 Å². The van der Waals surface area contributed by atoms with Crippen molar-refractivity contribution in [3.63, 3.8) is 0 Å². The fourth-order valence-electron chi connectivity index (χ4n) is 2.99. The molecule has 0 amide bonds. The summed E-state index contributed by atoms with van der Waals surface area (Å²) in [6.45, 7) is 2.29. The van der Waals surface area contributed by atoms with Crippen LogP contribution in [0.25, 0.3) is 15.6 Å². The number of aromatic nitrogens is 3. The first-order chi connectivity index (χ1) is 12.1. The molecule has 0 aliphatic rings. The number of ether oxygens (including phenoxy) is 1. The second-order valence-corrected chi connectivity index (χ2v) is 6.96. The molecule has 3 aromatic heterocycles. The quantitative estimate of drug-likeness (QED) is 0.569. The summed E-state index contributed by atoms with van der Waals surface area (Å²) in [5, 5.41) is 15.0. The van der Waals surface area contributed by atoms with Crippen molar-refractivity contribution < 1.29 is 4.74 Å². The van der Waals surface area contributed by atoms with E-state index in [4.69, 9.17) is 4.74 Å². The zero-order valence-electron chi connectivity index (χ0n) is 13.7. The van der Waals surface area contributed by atoms with Gasteiger partial charge >= 0.3 is 0 Å². The number of fused-ring (bicyclic) bond motifs is 3. The Bertz CT molecular complexity index is 1210. The molecule has 7 heteroatoms. The molecule has 1 aromatic carbocycles. The first-order valence-electron chi connectivity index (χ1n) is 7.65. The van der Waals surface area contributed by atoms with E-state index in [9.17, 15) is 10.1 Å². The van der Waals surface area contributed by atoms with Gasteiger partial charge in [-0.05, 0) is 24.6 Å². The van der Waals surface area contributed by atoms with Gasteiger partial charge in [0.1, 0.15) is 22.3 Å². The number of nitriles is 1. The Kier molecular flexibility index (Phi) is 3.55. The summed E-state index contributed by atoms with van der Waals surface area (Å²) in [6.07, 6.45) is 3.55. The molecule has 0 radical (unpaired) electrons. The fraction of sp³-hybridized carbons (Fsp3) is 0.167. The summed E-state index contributed by atoms with van der Waals surface area (Å²) in [5.74, 6) is 0.726. The predicted octanol–water partition coefficient (Wildman–Crippen LogP) is 2.95. The third-order valence-electron chi connectivity index (χ3n) is 4.11. The van der Waals surface area contributed by atoms with Gasteiger partial charge in [-0.25, -0.2) is 4.68 Å². The first kappa shape index (κ1) is 15.4. The van der Waals surface area contributed by atoms with Crippen molar-refractivity contribution in [2.24, 2.45) is 0 Å². The maximum Gasteiger partial charge on any atom is 0.277 e. The van der Waals surface area contributed by atoms with Gasteiger partial charge in [0.15, 0.2) is 0 Å². The minimum Gasteiger partial charge on any atom is -0.497 e. The molecule has 0 unspecified atom stereocenters. The number of nitrogens with zero attached hydrogens (tertiary/aromatic N) is 4. The largest absolute Gasteiger partial charge is 0.497 e. The Morgan fingerprint density at radius 2 is 2.24 bits per heavy atom. The number of hydrogen-bond acceptors (Lipinski definition) is 5. The summed E-state index contributed by atoms with van der Waals surface area (Å²) in [4.78, 5) is 14.9. The monoisotopic (exact) mass is 350 g/mol. The lowest BCUT2D eigenvalue weighted by Crippen LogP contribution is -2.23.